The number of aryl methyl sites for hydroxylation is 1. The summed E-state index contributed by atoms with van der Waals surface area (Å²) < 4.78 is 19.7. The minimum atomic E-state index is -0.281. The monoisotopic (exact) mass is 353 g/mol. The van der Waals surface area contributed by atoms with Gasteiger partial charge in [0.2, 0.25) is 0 Å². The van der Waals surface area contributed by atoms with E-state index in [4.69, 9.17) is 4.74 Å². The van der Waals surface area contributed by atoms with Crippen molar-refractivity contribution < 1.29 is 9.13 Å². The van der Waals surface area contributed by atoms with Crippen LogP contribution in [0, 0.1) is 18.2 Å². The van der Waals surface area contributed by atoms with Crippen LogP contribution in [-0.4, -0.2) is 6.61 Å². The van der Waals surface area contributed by atoms with E-state index in [2.05, 4.69) is 37.6 Å². The molecule has 0 saturated heterocycles. The lowest BCUT2D eigenvalue weighted by molar-refractivity contribution is 0.294. The van der Waals surface area contributed by atoms with E-state index in [1.165, 1.54) is 37.7 Å². The fourth-order valence-corrected chi connectivity index (χ4v) is 3.64. The Bertz CT molecular complexity index is 671. The van der Waals surface area contributed by atoms with Gasteiger partial charge in [0.05, 0.1) is 6.61 Å². The molecular formula is C24H30FO. The summed E-state index contributed by atoms with van der Waals surface area (Å²) in [5.74, 6) is 0.953. The van der Waals surface area contributed by atoms with Gasteiger partial charge in [-0.3, -0.25) is 0 Å². The van der Waals surface area contributed by atoms with Crippen LogP contribution in [0.25, 0.3) is 11.1 Å². The van der Waals surface area contributed by atoms with Crippen LogP contribution in [0.15, 0.2) is 42.5 Å². The summed E-state index contributed by atoms with van der Waals surface area (Å²) >= 11 is 0. The van der Waals surface area contributed by atoms with Gasteiger partial charge in [-0.15, -0.1) is 0 Å². The number of hydrogen-bond donors (Lipinski definition) is 0. The van der Waals surface area contributed by atoms with Crippen molar-refractivity contribution in [3.05, 3.63) is 60.3 Å². The average molecular weight is 354 g/mol. The minimum absolute atomic E-state index is 0.281. The van der Waals surface area contributed by atoms with Crippen LogP contribution in [0.2, 0.25) is 0 Å². The lowest BCUT2D eigenvalue weighted by Gasteiger charge is -2.21. The van der Waals surface area contributed by atoms with Crippen molar-refractivity contribution >= 4 is 0 Å². The van der Waals surface area contributed by atoms with Crippen LogP contribution in [0.5, 0.6) is 5.75 Å². The predicted octanol–water partition coefficient (Wildman–Crippen LogP) is 7.00. The average Bonchev–Trinajstić information content (AvgIpc) is 2.69. The van der Waals surface area contributed by atoms with Crippen molar-refractivity contribution in [3.63, 3.8) is 0 Å². The largest absolute Gasteiger partial charge is 0.491 e. The van der Waals surface area contributed by atoms with Gasteiger partial charge in [-0.1, -0.05) is 56.5 Å². The van der Waals surface area contributed by atoms with Gasteiger partial charge in [0, 0.05) is 0 Å². The Morgan fingerprint density at radius 3 is 2.42 bits per heavy atom. The Kier molecular flexibility index (Phi) is 7.11. The third kappa shape index (κ3) is 5.33. The van der Waals surface area contributed by atoms with Crippen molar-refractivity contribution in [2.45, 2.75) is 58.3 Å². The highest BCUT2D eigenvalue weighted by Crippen LogP contribution is 2.29. The first-order valence-electron chi connectivity index (χ1n) is 10.1. The molecule has 1 fully saturated rings. The van der Waals surface area contributed by atoms with Crippen LogP contribution in [-0.2, 0) is 6.42 Å². The lowest BCUT2D eigenvalue weighted by atomic mass is 9.85. The van der Waals surface area contributed by atoms with Crippen LogP contribution < -0.4 is 4.74 Å². The smallest absolute Gasteiger partial charge is 0.165 e. The summed E-state index contributed by atoms with van der Waals surface area (Å²) in [5.41, 5.74) is 3.34. The molecule has 1 saturated carbocycles. The van der Waals surface area contributed by atoms with Gasteiger partial charge >= 0.3 is 0 Å². The van der Waals surface area contributed by atoms with E-state index in [0.29, 0.717) is 12.4 Å². The fraction of sp³-hybridized carbons (Fsp3) is 0.458. The van der Waals surface area contributed by atoms with Crippen LogP contribution in [0.4, 0.5) is 4.39 Å². The van der Waals surface area contributed by atoms with E-state index in [1.807, 2.05) is 6.07 Å². The fourth-order valence-electron chi connectivity index (χ4n) is 3.64. The van der Waals surface area contributed by atoms with Gasteiger partial charge in [0.15, 0.2) is 11.6 Å². The van der Waals surface area contributed by atoms with Crippen LogP contribution in [0.3, 0.4) is 0 Å². The van der Waals surface area contributed by atoms with E-state index in [1.54, 1.807) is 12.1 Å². The molecule has 0 bridgehead atoms. The van der Waals surface area contributed by atoms with E-state index in [-0.39, 0.29) is 5.82 Å². The zero-order valence-corrected chi connectivity index (χ0v) is 15.8. The Hall–Kier alpha value is -1.83. The zero-order valence-electron chi connectivity index (χ0n) is 15.8. The van der Waals surface area contributed by atoms with Crippen molar-refractivity contribution in [1.29, 1.82) is 0 Å². The molecule has 1 radical (unpaired) electrons. The predicted molar refractivity (Wildman–Crippen MR) is 107 cm³/mol. The standard InChI is InChI=1S/C24H30FO/c1-2-3-17-26-24-16-15-22(18-23(24)25)21-13-11-20(12-14-21)10-9-19-7-5-4-6-8-19/h4,11-16,18-19H,2-3,5-10,17H2,1H3. The Labute approximate surface area is 157 Å². The molecule has 0 spiro atoms. The molecule has 139 valence electrons. The highest BCUT2D eigenvalue weighted by atomic mass is 19.1. The molecule has 1 nitrogen and oxygen atoms in total. The van der Waals surface area contributed by atoms with Crippen molar-refractivity contribution in [3.8, 4) is 16.9 Å². The lowest BCUT2D eigenvalue weighted by Crippen LogP contribution is -2.07. The number of benzene rings is 2. The molecule has 1 aliphatic carbocycles. The number of unbranched alkanes of at least 4 members (excludes halogenated alkanes) is 1. The molecule has 0 aliphatic heterocycles. The summed E-state index contributed by atoms with van der Waals surface area (Å²) in [6, 6.07) is 13.9. The summed E-state index contributed by atoms with van der Waals surface area (Å²) in [6.45, 7) is 2.67. The summed E-state index contributed by atoms with van der Waals surface area (Å²) in [5, 5.41) is 0. The first-order valence-corrected chi connectivity index (χ1v) is 10.1. The molecule has 0 N–H and O–H groups in total. The van der Waals surface area contributed by atoms with E-state index in [0.717, 1.165) is 36.3 Å². The Balaban J connectivity index is 1.58. The molecule has 3 rings (SSSR count). The molecule has 2 aromatic carbocycles. The zero-order chi connectivity index (χ0) is 18.2. The minimum Gasteiger partial charge on any atom is -0.491 e. The first kappa shape index (κ1) is 18.9. The van der Waals surface area contributed by atoms with Gasteiger partial charge in [-0.05, 0) is 73.3 Å². The van der Waals surface area contributed by atoms with Gasteiger partial charge in [0.25, 0.3) is 0 Å². The first-order chi connectivity index (χ1) is 12.8. The SMILES string of the molecule is CCCCOc1ccc(-c2ccc(CCC3CC[CH]CC3)cc2)cc1F. The van der Waals surface area contributed by atoms with Crippen LogP contribution >= 0.6 is 0 Å². The maximum Gasteiger partial charge on any atom is 0.165 e. The topological polar surface area (TPSA) is 9.23 Å². The molecule has 0 unspecified atom stereocenters. The summed E-state index contributed by atoms with van der Waals surface area (Å²) in [4.78, 5) is 0. The van der Waals surface area contributed by atoms with Crippen molar-refractivity contribution in [2.24, 2.45) is 5.92 Å². The second kappa shape index (κ2) is 9.75. The summed E-state index contributed by atoms with van der Waals surface area (Å²) in [6.07, 6.45) is 12.1. The molecule has 0 amide bonds. The van der Waals surface area contributed by atoms with E-state index < -0.39 is 0 Å². The highest BCUT2D eigenvalue weighted by molar-refractivity contribution is 5.64. The van der Waals surface area contributed by atoms with E-state index >= 15 is 0 Å². The maximum atomic E-state index is 14.2. The molecular weight excluding hydrogens is 323 g/mol. The molecule has 2 heteroatoms. The third-order valence-electron chi connectivity index (χ3n) is 5.37. The molecule has 0 aromatic heterocycles. The van der Waals surface area contributed by atoms with Gasteiger partial charge < -0.3 is 4.74 Å². The molecule has 26 heavy (non-hydrogen) atoms. The van der Waals surface area contributed by atoms with Gasteiger partial charge in [-0.25, -0.2) is 4.39 Å². The quantitative estimate of drug-likeness (QED) is 0.464. The van der Waals surface area contributed by atoms with Crippen molar-refractivity contribution in [1.82, 2.24) is 0 Å². The van der Waals surface area contributed by atoms with Gasteiger partial charge in [0.1, 0.15) is 0 Å². The van der Waals surface area contributed by atoms with Crippen LogP contribution in [0.1, 0.15) is 57.4 Å². The number of ether oxygens (including phenoxy) is 1. The maximum absolute atomic E-state index is 14.2. The Morgan fingerprint density at radius 1 is 1.00 bits per heavy atom. The van der Waals surface area contributed by atoms with Crippen molar-refractivity contribution in [2.75, 3.05) is 6.61 Å². The Morgan fingerprint density at radius 2 is 1.73 bits per heavy atom. The third-order valence-corrected chi connectivity index (χ3v) is 5.37. The number of rotatable bonds is 8. The molecule has 1 aliphatic rings. The number of hydrogen-bond acceptors (Lipinski definition) is 1. The van der Waals surface area contributed by atoms with Gasteiger partial charge in [-0.2, -0.15) is 0 Å². The second-order valence-corrected chi connectivity index (χ2v) is 7.39. The van der Waals surface area contributed by atoms with E-state index in [9.17, 15) is 4.39 Å². The summed E-state index contributed by atoms with van der Waals surface area (Å²) in [7, 11) is 0. The number of halogens is 1. The molecule has 0 atom stereocenters. The highest BCUT2D eigenvalue weighted by Gasteiger charge is 2.13. The molecule has 0 heterocycles. The second-order valence-electron chi connectivity index (χ2n) is 7.39. The molecule has 2 aromatic rings. The normalized spacial score (nSPS) is 15.2.